The lowest BCUT2D eigenvalue weighted by Crippen LogP contribution is -2.39. The molecule has 0 amide bonds. The van der Waals surface area contributed by atoms with Gasteiger partial charge in [-0.1, -0.05) is 41.1 Å². The fourth-order valence-electron chi connectivity index (χ4n) is 4.65. The van der Waals surface area contributed by atoms with E-state index in [1.54, 1.807) is 62.4 Å². The molecule has 0 fully saturated rings. The molecule has 1 aliphatic rings. The topological polar surface area (TPSA) is 79.1 Å². The first-order valence-corrected chi connectivity index (χ1v) is 14.1. The van der Waals surface area contributed by atoms with Crippen LogP contribution >= 0.6 is 22.9 Å². The summed E-state index contributed by atoms with van der Waals surface area (Å²) in [6, 6.07) is 14.5. The summed E-state index contributed by atoms with van der Waals surface area (Å²) < 4.78 is 45.6. The Labute approximate surface area is 248 Å². The number of carbonyl (C=O) groups is 1. The molecule has 7 nitrogen and oxygen atoms in total. The molecule has 42 heavy (non-hydrogen) atoms. The first-order chi connectivity index (χ1) is 20.2. The Bertz CT molecular complexity index is 1880. The van der Waals surface area contributed by atoms with Gasteiger partial charge in [0.1, 0.15) is 18.2 Å². The Balaban J connectivity index is 1.57. The molecule has 0 bridgehead atoms. The number of ether oxygens (including phenoxy) is 3. The van der Waals surface area contributed by atoms with Crippen LogP contribution in [0.4, 0.5) is 8.78 Å². The predicted molar refractivity (Wildman–Crippen MR) is 156 cm³/mol. The van der Waals surface area contributed by atoms with Gasteiger partial charge in [0.2, 0.25) is 0 Å². The Kier molecular flexibility index (Phi) is 8.56. The number of carbonyl (C=O) groups excluding carboxylic acids is 1. The second-order valence-corrected chi connectivity index (χ2v) is 10.7. The first-order valence-electron chi connectivity index (χ1n) is 12.9. The fourth-order valence-corrected chi connectivity index (χ4v) is 5.82. The maximum Gasteiger partial charge on any atom is 0.338 e. The molecule has 1 aliphatic heterocycles. The molecule has 0 saturated carbocycles. The minimum Gasteiger partial charge on any atom is -0.496 e. The number of thiazole rings is 1. The summed E-state index contributed by atoms with van der Waals surface area (Å²) >= 11 is 7.30. The maximum atomic E-state index is 14.1. The zero-order valence-electron chi connectivity index (χ0n) is 22.8. The number of halogens is 3. The van der Waals surface area contributed by atoms with E-state index in [2.05, 4.69) is 4.99 Å². The van der Waals surface area contributed by atoms with E-state index in [1.165, 1.54) is 29.1 Å². The number of fused-ring (bicyclic) bond motifs is 1. The zero-order chi connectivity index (χ0) is 30.0. The van der Waals surface area contributed by atoms with Crippen LogP contribution in [-0.2, 0) is 16.1 Å². The van der Waals surface area contributed by atoms with Gasteiger partial charge >= 0.3 is 5.97 Å². The van der Waals surface area contributed by atoms with E-state index >= 15 is 0 Å². The van der Waals surface area contributed by atoms with Crippen molar-refractivity contribution in [3.8, 4) is 11.5 Å². The van der Waals surface area contributed by atoms with E-state index in [4.69, 9.17) is 25.8 Å². The second kappa shape index (κ2) is 12.3. The molecule has 0 saturated heterocycles. The lowest BCUT2D eigenvalue weighted by Gasteiger charge is -2.24. The molecule has 5 rings (SSSR count). The minimum absolute atomic E-state index is 0.0622. The highest BCUT2D eigenvalue weighted by Crippen LogP contribution is 2.31. The Morgan fingerprint density at radius 3 is 2.52 bits per heavy atom. The predicted octanol–water partition coefficient (Wildman–Crippen LogP) is 5.32. The van der Waals surface area contributed by atoms with Crippen LogP contribution in [0.25, 0.3) is 6.08 Å². The summed E-state index contributed by atoms with van der Waals surface area (Å²) in [5, 5.41) is 0.519. The van der Waals surface area contributed by atoms with E-state index in [9.17, 15) is 18.4 Å². The zero-order valence-corrected chi connectivity index (χ0v) is 24.4. The van der Waals surface area contributed by atoms with Gasteiger partial charge in [0.15, 0.2) is 16.4 Å². The van der Waals surface area contributed by atoms with Crippen molar-refractivity contribution in [2.45, 2.75) is 26.5 Å². The Morgan fingerprint density at radius 2 is 1.83 bits per heavy atom. The number of esters is 1. The van der Waals surface area contributed by atoms with E-state index < -0.39 is 23.6 Å². The number of methoxy groups -OCH3 is 1. The van der Waals surface area contributed by atoms with E-state index in [0.29, 0.717) is 42.5 Å². The average Bonchev–Trinajstić information content (AvgIpc) is 3.26. The van der Waals surface area contributed by atoms with Gasteiger partial charge < -0.3 is 14.2 Å². The summed E-state index contributed by atoms with van der Waals surface area (Å²) in [6.07, 6.45) is 1.70. The largest absolute Gasteiger partial charge is 0.496 e. The molecular weight excluding hydrogens is 586 g/mol. The molecule has 11 heteroatoms. The second-order valence-electron chi connectivity index (χ2n) is 9.29. The van der Waals surface area contributed by atoms with Crippen LogP contribution in [0.1, 0.15) is 36.6 Å². The third-order valence-corrected chi connectivity index (χ3v) is 7.82. The standard InChI is InChI=1S/C31H25ClF2N2O5S/c1-4-40-30(38)27-17(2)35-31-36(28(27)19-6-8-21(32)9-7-19)29(37)26(42-31)14-18-5-11-24(39-3)20(13-18)16-41-25-12-10-22(33)15-23(25)34/h5-15,28H,4,16H2,1-3H3. The molecule has 0 N–H and O–H groups in total. The average molecular weight is 611 g/mol. The van der Waals surface area contributed by atoms with E-state index in [0.717, 1.165) is 12.1 Å². The molecule has 3 aromatic carbocycles. The van der Waals surface area contributed by atoms with Crippen LogP contribution in [0, 0.1) is 11.6 Å². The van der Waals surface area contributed by atoms with Gasteiger partial charge in [-0.05, 0) is 67.4 Å². The highest BCUT2D eigenvalue weighted by molar-refractivity contribution is 7.07. The van der Waals surface area contributed by atoms with E-state index in [-0.39, 0.29) is 30.1 Å². The van der Waals surface area contributed by atoms with Crippen LogP contribution in [0.5, 0.6) is 11.5 Å². The lowest BCUT2D eigenvalue weighted by atomic mass is 9.96. The Morgan fingerprint density at radius 1 is 1.10 bits per heavy atom. The number of hydrogen-bond acceptors (Lipinski definition) is 7. The van der Waals surface area contributed by atoms with Gasteiger partial charge in [-0.3, -0.25) is 9.36 Å². The van der Waals surface area contributed by atoms with Crippen LogP contribution in [0.3, 0.4) is 0 Å². The van der Waals surface area contributed by atoms with Crippen molar-refractivity contribution in [3.05, 3.63) is 125 Å². The molecule has 4 aromatic rings. The first kappa shape index (κ1) is 29.2. The highest BCUT2D eigenvalue weighted by atomic mass is 35.5. The van der Waals surface area contributed by atoms with Crippen molar-refractivity contribution in [1.29, 1.82) is 0 Å². The van der Waals surface area contributed by atoms with Gasteiger partial charge in [-0.15, -0.1) is 0 Å². The molecule has 216 valence electrons. The van der Waals surface area contributed by atoms with Crippen LogP contribution < -0.4 is 24.4 Å². The van der Waals surface area contributed by atoms with E-state index in [1.807, 2.05) is 0 Å². The third kappa shape index (κ3) is 5.86. The number of rotatable bonds is 8. The van der Waals surface area contributed by atoms with Crippen molar-refractivity contribution < 1.29 is 27.8 Å². The SMILES string of the molecule is CCOC(=O)C1=C(C)N=c2sc(=Cc3ccc(OC)c(COc4ccc(F)cc4F)c3)c(=O)n2C1c1ccc(Cl)cc1. The number of allylic oxidation sites excluding steroid dienone is 1. The quantitative estimate of drug-likeness (QED) is 0.253. The summed E-state index contributed by atoms with van der Waals surface area (Å²) in [5.74, 6) is -1.69. The normalized spacial score (nSPS) is 14.8. The van der Waals surface area contributed by atoms with Crippen molar-refractivity contribution >= 4 is 35.0 Å². The third-order valence-electron chi connectivity index (χ3n) is 6.58. The van der Waals surface area contributed by atoms with Crippen molar-refractivity contribution in [3.63, 3.8) is 0 Å². The number of nitrogens with zero attached hydrogens (tertiary/aromatic N) is 2. The molecule has 1 atom stereocenters. The van der Waals surface area contributed by atoms with Crippen molar-refractivity contribution in [2.24, 2.45) is 4.99 Å². The van der Waals surface area contributed by atoms with Crippen LogP contribution in [0.2, 0.25) is 5.02 Å². The lowest BCUT2D eigenvalue weighted by molar-refractivity contribution is -0.139. The van der Waals surface area contributed by atoms with Crippen LogP contribution in [0.15, 0.2) is 81.7 Å². The van der Waals surface area contributed by atoms with Crippen molar-refractivity contribution in [1.82, 2.24) is 4.57 Å². The van der Waals surface area contributed by atoms with Gasteiger partial charge in [0.25, 0.3) is 5.56 Å². The van der Waals surface area contributed by atoms with Gasteiger partial charge in [0.05, 0.1) is 35.6 Å². The fraction of sp³-hybridized carbons (Fsp3) is 0.194. The number of aromatic nitrogens is 1. The molecule has 2 heterocycles. The van der Waals surface area contributed by atoms with Gasteiger partial charge in [-0.2, -0.15) is 0 Å². The Hall–Kier alpha value is -4.28. The molecule has 1 aromatic heterocycles. The molecule has 1 unspecified atom stereocenters. The maximum absolute atomic E-state index is 14.1. The molecular formula is C31H25ClF2N2O5S. The molecule has 0 radical (unpaired) electrons. The van der Waals surface area contributed by atoms with Crippen molar-refractivity contribution in [2.75, 3.05) is 13.7 Å². The minimum atomic E-state index is -0.820. The highest BCUT2D eigenvalue weighted by Gasteiger charge is 2.33. The van der Waals surface area contributed by atoms with Crippen LogP contribution in [-0.4, -0.2) is 24.3 Å². The number of hydrogen-bond donors (Lipinski definition) is 0. The molecule has 0 aliphatic carbocycles. The summed E-state index contributed by atoms with van der Waals surface area (Å²) in [4.78, 5) is 31.9. The summed E-state index contributed by atoms with van der Waals surface area (Å²) in [7, 11) is 1.50. The smallest absolute Gasteiger partial charge is 0.338 e. The summed E-state index contributed by atoms with van der Waals surface area (Å²) in [6.45, 7) is 3.54. The number of benzene rings is 3. The molecule has 0 spiro atoms. The van der Waals surface area contributed by atoms with Gasteiger partial charge in [0, 0.05) is 16.7 Å². The monoisotopic (exact) mass is 610 g/mol. The van der Waals surface area contributed by atoms with Gasteiger partial charge in [-0.25, -0.2) is 18.6 Å². The summed E-state index contributed by atoms with van der Waals surface area (Å²) in [5.41, 5.74) is 2.32.